The maximum atomic E-state index is 5.93. The van der Waals surface area contributed by atoms with Crippen LogP contribution in [0.5, 0.6) is 5.75 Å². The summed E-state index contributed by atoms with van der Waals surface area (Å²) >= 11 is 0. The molecule has 0 saturated heterocycles. The first kappa shape index (κ1) is 15.0. The zero-order valence-electron chi connectivity index (χ0n) is 12.4. The summed E-state index contributed by atoms with van der Waals surface area (Å²) in [6, 6.07) is 4.31. The van der Waals surface area contributed by atoms with E-state index >= 15 is 0 Å². The highest BCUT2D eigenvalue weighted by molar-refractivity contribution is 5.44. The van der Waals surface area contributed by atoms with Crippen molar-refractivity contribution in [1.82, 2.24) is 0 Å². The van der Waals surface area contributed by atoms with Crippen molar-refractivity contribution in [2.24, 2.45) is 0 Å². The average Bonchev–Trinajstić information content (AvgIpc) is 2.36. The van der Waals surface area contributed by atoms with E-state index in [9.17, 15) is 0 Å². The van der Waals surface area contributed by atoms with Crippen LogP contribution in [-0.4, -0.2) is 19.7 Å². The van der Waals surface area contributed by atoms with E-state index in [2.05, 4.69) is 45.1 Å². The molecule has 0 amide bonds. The van der Waals surface area contributed by atoms with E-state index in [0.717, 1.165) is 18.8 Å². The third-order valence-corrected chi connectivity index (χ3v) is 3.43. The number of benzene rings is 1. The van der Waals surface area contributed by atoms with Gasteiger partial charge in [-0.2, -0.15) is 0 Å². The van der Waals surface area contributed by atoms with Gasteiger partial charge in [-0.25, -0.2) is 0 Å². The molecule has 0 atom stereocenters. The van der Waals surface area contributed by atoms with Crippen molar-refractivity contribution in [3.05, 3.63) is 28.8 Å². The van der Waals surface area contributed by atoms with Gasteiger partial charge in [-0.15, -0.1) is 0 Å². The Morgan fingerprint density at radius 2 is 1.67 bits per heavy atom. The van der Waals surface area contributed by atoms with Gasteiger partial charge in [0.15, 0.2) is 0 Å². The lowest BCUT2D eigenvalue weighted by Gasteiger charge is -2.13. The highest BCUT2D eigenvalue weighted by atomic mass is 16.5. The molecule has 2 heteroatoms. The number of nitrogens with two attached hydrogens (primary N) is 1. The topological polar surface area (TPSA) is 25.8 Å². The maximum Gasteiger partial charge on any atom is 0.125 e. The standard InChI is InChI=1S/C16H27NO/c1-5-6-10-17-11-7-12-18-16-14(3)9-8-13(2)15(16)4/h8-9,17H,5-7,10-12H2,1-4H3/p+1. The van der Waals surface area contributed by atoms with Gasteiger partial charge in [0.05, 0.1) is 19.7 Å². The fourth-order valence-electron chi connectivity index (χ4n) is 2.04. The molecular formula is C16H28NO+. The van der Waals surface area contributed by atoms with Gasteiger partial charge in [0, 0.05) is 6.42 Å². The largest absolute Gasteiger partial charge is 0.493 e. The molecule has 1 aromatic rings. The molecule has 0 unspecified atom stereocenters. The number of hydrogen-bond donors (Lipinski definition) is 1. The molecule has 0 heterocycles. The SMILES string of the molecule is CCCC[NH2+]CCCOc1c(C)ccc(C)c1C. The number of aryl methyl sites for hydroxylation is 2. The predicted octanol–water partition coefficient (Wildman–Crippen LogP) is 2.74. The molecule has 1 aromatic carbocycles. The molecule has 0 spiro atoms. The van der Waals surface area contributed by atoms with Gasteiger partial charge < -0.3 is 10.1 Å². The minimum absolute atomic E-state index is 0.827. The van der Waals surface area contributed by atoms with Crippen LogP contribution in [0.3, 0.4) is 0 Å². The van der Waals surface area contributed by atoms with Crippen LogP contribution in [0.25, 0.3) is 0 Å². The van der Waals surface area contributed by atoms with E-state index < -0.39 is 0 Å². The summed E-state index contributed by atoms with van der Waals surface area (Å²) < 4.78 is 5.93. The summed E-state index contributed by atoms with van der Waals surface area (Å²) in [5.74, 6) is 1.09. The first-order valence-corrected chi connectivity index (χ1v) is 7.18. The van der Waals surface area contributed by atoms with E-state index in [1.54, 1.807) is 0 Å². The van der Waals surface area contributed by atoms with Gasteiger partial charge in [0.2, 0.25) is 0 Å². The fraction of sp³-hybridized carbons (Fsp3) is 0.625. The molecule has 1 rings (SSSR count). The lowest BCUT2D eigenvalue weighted by molar-refractivity contribution is -0.655. The molecule has 0 radical (unpaired) electrons. The Morgan fingerprint density at radius 3 is 2.39 bits per heavy atom. The summed E-state index contributed by atoms with van der Waals surface area (Å²) in [5.41, 5.74) is 3.84. The van der Waals surface area contributed by atoms with Gasteiger partial charge in [-0.05, 0) is 43.9 Å². The molecule has 0 aliphatic carbocycles. The highest BCUT2D eigenvalue weighted by Crippen LogP contribution is 2.25. The molecular weight excluding hydrogens is 222 g/mol. The van der Waals surface area contributed by atoms with Crippen molar-refractivity contribution in [1.29, 1.82) is 0 Å². The zero-order chi connectivity index (χ0) is 13.4. The van der Waals surface area contributed by atoms with Crippen LogP contribution in [0.4, 0.5) is 0 Å². The van der Waals surface area contributed by atoms with Crippen molar-refractivity contribution in [3.63, 3.8) is 0 Å². The van der Waals surface area contributed by atoms with Gasteiger partial charge in [-0.3, -0.25) is 0 Å². The summed E-state index contributed by atoms with van der Waals surface area (Å²) in [7, 11) is 0. The van der Waals surface area contributed by atoms with Crippen LogP contribution < -0.4 is 10.1 Å². The van der Waals surface area contributed by atoms with Crippen LogP contribution in [0.2, 0.25) is 0 Å². The molecule has 0 fully saturated rings. The van der Waals surface area contributed by atoms with E-state index in [1.807, 2.05) is 0 Å². The van der Waals surface area contributed by atoms with Crippen molar-refractivity contribution in [2.75, 3.05) is 19.7 Å². The van der Waals surface area contributed by atoms with Gasteiger partial charge in [0.25, 0.3) is 0 Å². The average molecular weight is 250 g/mol. The summed E-state index contributed by atoms with van der Waals surface area (Å²) in [4.78, 5) is 0. The normalized spacial score (nSPS) is 10.7. The fourth-order valence-corrected chi connectivity index (χ4v) is 2.04. The maximum absolute atomic E-state index is 5.93. The highest BCUT2D eigenvalue weighted by Gasteiger charge is 2.05. The van der Waals surface area contributed by atoms with Crippen molar-refractivity contribution in [2.45, 2.75) is 47.0 Å². The number of unbranched alkanes of at least 4 members (excludes halogenated alkanes) is 1. The van der Waals surface area contributed by atoms with E-state index in [-0.39, 0.29) is 0 Å². The minimum atomic E-state index is 0.827. The Labute approximate surface area is 112 Å². The molecule has 0 aliphatic heterocycles. The predicted molar refractivity (Wildman–Crippen MR) is 77.3 cm³/mol. The molecule has 2 N–H and O–H groups in total. The zero-order valence-corrected chi connectivity index (χ0v) is 12.4. The summed E-state index contributed by atoms with van der Waals surface area (Å²) in [5, 5.41) is 2.39. The van der Waals surface area contributed by atoms with Crippen molar-refractivity contribution in [3.8, 4) is 5.75 Å². The van der Waals surface area contributed by atoms with Crippen LogP contribution >= 0.6 is 0 Å². The lowest BCUT2D eigenvalue weighted by Crippen LogP contribution is -2.84. The second-order valence-corrected chi connectivity index (χ2v) is 5.08. The first-order valence-electron chi connectivity index (χ1n) is 7.18. The second-order valence-electron chi connectivity index (χ2n) is 5.08. The molecule has 102 valence electrons. The van der Waals surface area contributed by atoms with Crippen LogP contribution in [0.15, 0.2) is 12.1 Å². The van der Waals surface area contributed by atoms with Crippen LogP contribution in [-0.2, 0) is 0 Å². The van der Waals surface area contributed by atoms with Crippen molar-refractivity contribution >= 4 is 0 Å². The summed E-state index contributed by atoms with van der Waals surface area (Å²) in [6.07, 6.45) is 3.72. The summed E-state index contributed by atoms with van der Waals surface area (Å²) in [6.45, 7) is 11.9. The quantitative estimate of drug-likeness (QED) is 0.705. The van der Waals surface area contributed by atoms with E-state index in [4.69, 9.17) is 4.74 Å². The Bertz CT molecular complexity index is 360. The molecule has 0 saturated carbocycles. The van der Waals surface area contributed by atoms with E-state index in [1.165, 1.54) is 42.6 Å². The van der Waals surface area contributed by atoms with Crippen LogP contribution in [0.1, 0.15) is 42.9 Å². The Hall–Kier alpha value is -1.02. The number of hydrogen-bond acceptors (Lipinski definition) is 1. The van der Waals surface area contributed by atoms with Crippen LogP contribution in [0, 0.1) is 20.8 Å². The number of ether oxygens (including phenoxy) is 1. The minimum Gasteiger partial charge on any atom is -0.493 e. The lowest BCUT2D eigenvalue weighted by atomic mass is 10.1. The monoisotopic (exact) mass is 250 g/mol. The Balaban J connectivity index is 2.29. The molecule has 2 nitrogen and oxygen atoms in total. The first-order chi connectivity index (χ1) is 8.66. The Kier molecular flexibility index (Phi) is 6.81. The van der Waals surface area contributed by atoms with Crippen molar-refractivity contribution < 1.29 is 10.1 Å². The van der Waals surface area contributed by atoms with E-state index in [0.29, 0.717) is 0 Å². The number of quaternary nitrogens is 1. The Morgan fingerprint density at radius 1 is 1.00 bits per heavy atom. The van der Waals surface area contributed by atoms with Gasteiger partial charge in [0.1, 0.15) is 5.75 Å². The second kappa shape index (κ2) is 8.15. The molecule has 18 heavy (non-hydrogen) atoms. The molecule has 0 aromatic heterocycles. The molecule has 0 bridgehead atoms. The smallest absolute Gasteiger partial charge is 0.125 e. The molecule has 0 aliphatic rings. The third kappa shape index (κ3) is 4.69. The third-order valence-electron chi connectivity index (χ3n) is 3.43. The number of rotatable bonds is 8. The van der Waals surface area contributed by atoms with Gasteiger partial charge >= 0.3 is 0 Å². The van der Waals surface area contributed by atoms with Gasteiger partial charge in [-0.1, -0.05) is 25.5 Å².